The van der Waals surface area contributed by atoms with Crippen molar-refractivity contribution >= 4 is 32.4 Å². The molecular formula is C12H13N5S. The maximum atomic E-state index is 5.75. The van der Waals surface area contributed by atoms with Gasteiger partial charge in [0.2, 0.25) is 0 Å². The molecule has 0 unspecified atom stereocenters. The van der Waals surface area contributed by atoms with Gasteiger partial charge in [-0.25, -0.2) is 4.98 Å². The van der Waals surface area contributed by atoms with Crippen molar-refractivity contribution in [3.05, 3.63) is 36.2 Å². The molecule has 0 aliphatic carbocycles. The average molecular weight is 259 g/mol. The molecule has 0 aliphatic rings. The van der Waals surface area contributed by atoms with Crippen LogP contribution >= 0.6 is 11.3 Å². The highest BCUT2D eigenvalue weighted by atomic mass is 32.1. The lowest BCUT2D eigenvalue weighted by molar-refractivity contribution is 0.720. The molecule has 0 saturated carbocycles. The van der Waals surface area contributed by atoms with Gasteiger partial charge in [-0.15, -0.1) is 0 Å². The maximum Gasteiger partial charge on any atom is 0.184 e. The Kier molecular flexibility index (Phi) is 2.64. The molecule has 0 radical (unpaired) electrons. The maximum absolute atomic E-state index is 5.75. The topological polar surface area (TPSA) is 68.8 Å². The van der Waals surface area contributed by atoms with E-state index >= 15 is 0 Å². The Hall–Kier alpha value is -2.08. The van der Waals surface area contributed by atoms with E-state index in [1.54, 1.807) is 17.5 Å². The molecule has 1 aromatic carbocycles. The molecular weight excluding hydrogens is 246 g/mol. The fraction of sp³-hybridized carbons (Fsp3) is 0.167. The highest BCUT2D eigenvalue weighted by Crippen LogP contribution is 2.27. The SMILES string of the molecule is Cn1nccc1CNc1nc2ccc(N)cc2s1. The molecule has 6 heteroatoms. The highest BCUT2D eigenvalue weighted by Gasteiger charge is 2.04. The van der Waals surface area contributed by atoms with Crippen molar-refractivity contribution in [2.45, 2.75) is 6.54 Å². The minimum atomic E-state index is 0.714. The van der Waals surface area contributed by atoms with Crippen molar-refractivity contribution in [3.63, 3.8) is 0 Å². The summed E-state index contributed by atoms with van der Waals surface area (Å²) in [4.78, 5) is 4.51. The van der Waals surface area contributed by atoms with Crippen LogP contribution in [0.4, 0.5) is 10.8 Å². The Morgan fingerprint density at radius 2 is 2.28 bits per heavy atom. The van der Waals surface area contributed by atoms with Crippen LogP contribution in [0, 0.1) is 0 Å². The van der Waals surface area contributed by atoms with E-state index in [0.717, 1.165) is 26.7 Å². The molecule has 3 rings (SSSR count). The molecule has 0 fully saturated rings. The van der Waals surface area contributed by atoms with Gasteiger partial charge >= 0.3 is 0 Å². The van der Waals surface area contributed by atoms with E-state index in [9.17, 15) is 0 Å². The van der Waals surface area contributed by atoms with Crippen molar-refractivity contribution in [3.8, 4) is 0 Å². The molecule has 0 amide bonds. The summed E-state index contributed by atoms with van der Waals surface area (Å²) in [5, 5.41) is 8.33. The molecule has 18 heavy (non-hydrogen) atoms. The standard InChI is InChI=1S/C12H13N5S/c1-17-9(4-5-15-17)7-14-12-16-10-3-2-8(13)6-11(10)18-12/h2-6H,7,13H2,1H3,(H,14,16). The van der Waals surface area contributed by atoms with E-state index < -0.39 is 0 Å². The number of nitrogens with zero attached hydrogens (tertiary/aromatic N) is 3. The Bertz CT molecular complexity index is 685. The summed E-state index contributed by atoms with van der Waals surface area (Å²) < 4.78 is 2.95. The summed E-state index contributed by atoms with van der Waals surface area (Å²) in [6.45, 7) is 0.714. The number of hydrogen-bond acceptors (Lipinski definition) is 5. The van der Waals surface area contributed by atoms with Gasteiger partial charge in [-0.1, -0.05) is 11.3 Å². The molecule has 0 saturated heterocycles. The Balaban J connectivity index is 1.81. The molecule has 3 aromatic rings. The third-order valence-electron chi connectivity index (χ3n) is 2.76. The van der Waals surface area contributed by atoms with Crippen LogP contribution in [-0.2, 0) is 13.6 Å². The summed E-state index contributed by atoms with van der Waals surface area (Å²) in [7, 11) is 1.93. The number of aromatic nitrogens is 3. The van der Waals surface area contributed by atoms with Crippen LogP contribution in [0.3, 0.4) is 0 Å². The predicted octanol–water partition coefficient (Wildman–Crippen LogP) is 2.22. The van der Waals surface area contributed by atoms with Crippen molar-refractivity contribution in [1.82, 2.24) is 14.8 Å². The molecule has 3 N–H and O–H groups in total. The summed E-state index contributed by atoms with van der Waals surface area (Å²) in [5.41, 5.74) is 8.61. The lowest BCUT2D eigenvalue weighted by Gasteiger charge is -2.02. The first kappa shape index (κ1) is 11.0. The fourth-order valence-corrected chi connectivity index (χ4v) is 2.67. The van der Waals surface area contributed by atoms with E-state index in [2.05, 4.69) is 15.4 Å². The second kappa shape index (κ2) is 4.30. The van der Waals surface area contributed by atoms with Crippen LogP contribution in [0.1, 0.15) is 5.69 Å². The Morgan fingerprint density at radius 1 is 1.39 bits per heavy atom. The zero-order chi connectivity index (χ0) is 12.5. The molecule has 2 heterocycles. The number of nitrogens with two attached hydrogens (primary N) is 1. The van der Waals surface area contributed by atoms with Gasteiger partial charge < -0.3 is 11.1 Å². The quantitative estimate of drug-likeness (QED) is 0.708. The fourth-order valence-electron chi connectivity index (χ4n) is 1.76. The monoisotopic (exact) mass is 259 g/mol. The minimum Gasteiger partial charge on any atom is -0.399 e. The lowest BCUT2D eigenvalue weighted by Crippen LogP contribution is -2.04. The van der Waals surface area contributed by atoms with E-state index in [-0.39, 0.29) is 0 Å². The smallest absolute Gasteiger partial charge is 0.184 e. The number of benzene rings is 1. The van der Waals surface area contributed by atoms with E-state index in [4.69, 9.17) is 5.73 Å². The van der Waals surface area contributed by atoms with Gasteiger partial charge in [-0.05, 0) is 24.3 Å². The number of hydrogen-bond donors (Lipinski definition) is 2. The number of nitrogens with one attached hydrogen (secondary N) is 1. The second-order valence-electron chi connectivity index (χ2n) is 4.05. The van der Waals surface area contributed by atoms with Crippen LogP contribution in [0.2, 0.25) is 0 Å². The Labute approximate surface area is 108 Å². The summed E-state index contributed by atoms with van der Waals surface area (Å²) in [5.74, 6) is 0. The normalized spacial score (nSPS) is 10.9. The first-order valence-electron chi connectivity index (χ1n) is 5.59. The first-order valence-corrected chi connectivity index (χ1v) is 6.41. The van der Waals surface area contributed by atoms with Gasteiger partial charge in [0, 0.05) is 18.9 Å². The molecule has 0 aliphatic heterocycles. The van der Waals surface area contributed by atoms with Crippen LogP contribution in [0.15, 0.2) is 30.5 Å². The van der Waals surface area contributed by atoms with Gasteiger partial charge in [0.05, 0.1) is 22.5 Å². The van der Waals surface area contributed by atoms with Gasteiger partial charge in [0.25, 0.3) is 0 Å². The van der Waals surface area contributed by atoms with E-state index in [1.807, 2.05) is 36.0 Å². The van der Waals surface area contributed by atoms with Crippen molar-refractivity contribution in [2.24, 2.45) is 7.05 Å². The number of thiazole rings is 1. The largest absolute Gasteiger partial charge is 0.399 e. The number of fused-ring (bicyclic) bond motifs is 1. The zero-order valence-electron chi connectivity index (χ0n) is 9.92. The van der Waals surface area contributed by atoms with Crippen LogP contribution < -0.4 is 11.1 Å². The molecule has 2 aromatic heterocycles. The molecule has 0 bridgehead atoms. The summed E-state index contributed by atoms with van der Waals surface area (Å²) in [6, 6.07) is 7.74. The van der Waals surface area contributed by atoms with Gasteiger partial charge in [0.15, 0.2) is 5.13 Å². The zero-order valence-corrected chi connectivity index (χ0v) is 10.7. The number of aryl methyl sites for hydroxylation is 1. The molecule has 5 nitrogen and oxygen atoms in total. The number of nitrogen functional groups attached to an aromatic ring is 1. The number of anilines is 2. The third kappa shape index (κ3) is 2.02. The van der Waals surface area contributed by atoms with Crippen LogP contribution in [-0.4, -0.2) is 14.8 Å². The van der Waals surface area contributed by atoms with Crippen molar-refractivity contribution in [1.29, 1.82) is 0 Å². The minimum absolute atomic E-state index is 0.714. The number of rotatable bonds is 3. The van der Waals surface area contributed by atoms with Crippen molar-refractivity contribution < 1.29 is 0 Å². The highest BCUT2D eigenvalue weighted by molar-refractivity contribution is 7.22. The van der Waals surface area contributed by atoms with Gasteiger partial charge in [0.1, 0.15) is 0 Å². The summed E-state index contributed by atoms with van der Waals surface area (Å²) in [6.07, 6.45) is 1.79. The van der Waals surface area contributed by atoms with Crippen LogP contribution in [0.5, 0.6) is 0 Å². The lowest BCUT2D eigenvalue weighted by atomic mass is 10.3. The van der Waals surface area contributed by atoms with E-state index in [0.29, 0.717) is 6.54 Å². The molecule has 0 spiro atoms. The van der Waals surface area contributed by atoms with Crippen molar-refractivity contribution in [2.75, 3.05) is 11.1 Å². The Morgan fingerprint density at radius 3 is 3.06 bits per heavy atom. The van der Waals surface area contributed by atoms with Gasteiger partial charge in [-0.2, -0.15) is 5.10 Å². The molecule has 0 atom stereocenters. The average Bonchev–Trinajstić information content (AvgIpc) is 2.92. The first-order chi connectivity index (χ1) is 8.72. The predicted molar refractivity (Wildman–Crippen MR) is 74.6 cm³/mol. The van der Waals surface area contributed by atoms with Crippen LogP contribution in [0.25, 0.3) is 10.2 Å². The van der Waals surface area contributed by atoms with Gasteiger partial charge in [-0.3, -0.25) is 4.68 Å². The third-order valence-corrected chi connectivity index (χ3v) is 3.73. The molecule has 92 valence electrons. The van der Waals surface area contributed by atoms with E-state index in [1.165, 1.54) is 0 Å². The summed E-state index contributed by atoms with van der Waals surface area (Å²) >= 11 is 1.61. The second-order valence-corrected chi connectivity index (χ2v) is 5.08.